The molecule has 0 N–H and O–H groups in total. The summed E-state index contributed by atoms with van der Waals surface area (Å²) in [6.07, 6.45) is 0. The molecule has 434 valence electrons. The highest BCUT2D eigenvalue weighted by molar-refractivity contribution is 7.20. The molecule has 20 rings (SSSR count). The van der Waals surface area contributed by atoms with E-state index in [1.807, 2.05) is 0 Å². The van der Waals surface area contributed by atoms with E-state index in [1.54, 1.807) is 0 Å². The largest absolute Gasteiger partial charge is 0.309 e. The average molecular weight is 1200 g/mol. The van der Waals surface area contributed by atoms with Crippen LogP contribution in [0.4, 0.5) is 0 Å². The maximum atomic E-state index is 5.78. The summed E-state index contributed by atoms with van der Waals surface area (Å²) in [5.74, 6) is 0.848. The quantitative estimate of drug-likeness (QED) is 0.105. The highest BCUT2D eigenvalue weighted by atomic mass is 28.3. The van der Waals surface area contributed by atoms with Crippen molar-refractivity contribution in [2.75, 3.05) is 0 Å². The monoisotopic (exact) mass is 1200 g/mol. The Kier molecular flexibility index (Phi) is 11.0. The first-order chi connectivity index (χ1) is 46.2. The molecular weight excluding hydrogens is 1150 g/mol. The number of hydrogen-bond acceptors (Lipinski definition) is 1. The van der Waals surface area contributed by atoms with E-state index in [0.717, 1.165) is 78.3 Å². The van der Waals surface area contributed by atoms with Crippen molar-refractivity contribution in [2.45, 2.75) is 0 Å². The molecule has 8 heteroatoms. The van der Waals surface area contributed by atoms with Crippen LogP contribution in [0.1, 0.15) is 0 Å². The lowest BCUT2D eigenvalue weighted by molar-refractivity contribution is 1.11. The van der Waals surface area contributed by atoms with Crippen molar-refractivity contribution >= 4 is 144 Å². The van der Waals surface area contributed by atoms with Crippen molar-refractivity contribution < 1.29 is 0 Å². The zero-order valence-electron chi connectivity index (χ0n) is 50.4. The third kappa shape index (κ3) is 7.37. The second-order valence-electron chi connectivity index (χ2n) is 24.7. The number of hydrogen-bond donors (Lipinski definition) is 0. The standard InChI is InChI=1S/C85H55N7Si/c1-4-24-56(25-5-1)87-78-44-20-15-39-70(78)72-54-73-83(55-82(72)87)92-84-53-60(90-76-42-18-12-36-67(76)68-37-13-19-43-77(68)90)47-49-81(84)91(85(92)86-73)58-27-23-33-64(51-58)93(61-28-6-2-7-29-61,62-30-8-3-9-31-62)63-32-22-26-57(50-63)88-79-45-21-14-38-69(79)71-52-59(46-48-80(71)88)89-74-40-16-10-34-65(74)66-35-11-17-41-75(66)89/h1-55H. The van der Waals surface area contributed by atoms with E-state index < -0.39 is 8.07 Å². The topological polar surface area (TPSA) is 42.0 Å². The van der Waals surface area contributed by atoms with Crippen LogP contribution in [-0.4, -0.2) is 40.3 Å². The van der Waals surface area contributed by atoms with E-state index in [4.69, 9.17) is 4.98 Å². The molecule has 93 heavy (non-hydrogen) atoms. The van der Waals surface area contributed by atoms with Gasteiger partial charge in [-0.25, -0.2) is 4.98 Å². The Morgan fingerprint density at radius 3 is 1.02 bits per heavy atom. The van der Waals surface area contributed by atoms with Gasteiger partial charge < -0.3 is 18.3 Å². The Balaban J connectivity index is 0.827. The molecule has 0 unspecified atom stereocenters. The second kappa shape index (κ2) is 19.9. The third-order valence-electron chi connectivity index (χ3n) is 19.9. The Morgan fingerprint density at radius 2 is 0.538 bits per heavy atom. The average Bonchev–Trinajstić information content (AvgIpc) is 1.60. The summed E-state index contributed by atoms with van der Waals surface area (Å²) in [6.45, 7) is 0. The fraction of sp³-hybridized carbons (Fsp3) is 0. The van der Waals surface area contributed by atoms with Gasteiger partial charge in [0.1, 0.15) is 0 Å². The van der Waals surface area contributed by atoms with Crippen molar-refractivity contribution in [1.29, 1.82) is 0 Å². The molecule has 0 amide bonds. The molecule has 0 bridgehead atoms. The zero-order chi connectivity index (χ0) is 60.9. The summed E-state index contributed by atoms with van der Waals surface area (Å²) >= 11 is 0. The first-order valence-electron chi connectivity index (χ1n) is 31.9. The van der Waals surface area contributed by atoms with E-state index in [-0.39, 0.29) is 0 Å². The van der Waals surface area contributed by atoms with Gasteiger partial charge >= 0.3 is 0 Å². The SMILES string of the molecule is c1ccc(-n2c3ccccc3c3cc4nc5n(-c6cccc([Si](c7ccccc7)(c7ccccc7)c7cccc(-n8c9ccccc9c9cc(-n%10c%11ccccc%11c%11ccccc%11%10)ccc98)c7)c6)c6ccc(-n7c8ccccc8c8ccccc87)cc6n5c4cc32)cc1. The molecule has 0 saturated carbocycles. The third-order valence-corrected chi connectivity index (χ3v) is 24.7. The number of nitrogens with zero attached hydrogens (tertiary/aromatic N) is 7. The minimum atomic E-state index is -3.24. The van der Waals surface area contributed by atoms with Crippen LogP contribution >= 0.6 is 0 Å². The molecular formula is C85H55N7Si. The van der Waals surface area contributed by atoms with Crippen LogP contribution in [0.15, 0.2) is 334 Å². The van der Waals surface area contributed by atoms with Crippen molar-refractivity contribution in [3.05, 3.63) is 334 Å². The van der Waals surface area contributed by atoms with Gasteiger partial charge in [-0.1, -0.05) is 212 Å². The van der Waals surface area contributed by atoms with Gasteiger partial charge in [0.25, 0.3) is 0 Å². The fourth-order valence-corrected chi connectivity index (χ4v) is 20.9. The summed E-state index contributed by atoms with van der Waals surface area (Å²) < 4.78 is 14.6. The fourth-order valence-electron chi connectivity index (χ4n) is 16.1. The number of benzene rings is 14. The van der Waals surface area contributed by atoms with E-state index in [2.05, 4.69) is 361 Å². The van der Waals surface area contributed by atoms with Gasteiger partial charge in [0.15, 0.2) is 8.07 Å². The number of rotatable bonds is 9. The first kappa shape index (κ1) is 51.6. The Hall–Kier alpha value is -12.2. The Bertz CT molecular complexity index is 6290. The Morgan fingerprint density at radius 1 is 0.194 bits per heavy atom. The predicted octanol–water partition coefficient (Wildman–Crippen LogP) is 18.2. The lowest BCUT2D eigenvalue weighted by Crippen LogP contribution is -2.74. The summed E-state index contributed by atoms with van der Waals surface area (Å²) in [5.41, 5.74) is 18.9. The van der Waals surface area contributed by atoms with Gasteiger partial charge in [0.05, 0.1) is 66.2 Å². The molecule has 0 saturated heterocycles. The van der Waals surface area contributed by atoms with Crippen molar-refractivity contribution in [3.63, 3.8) is 0 Å². The maximum absolute atomic E-state index is 5.78. The number of imidazole rings is 2. The van der Waals surface area contributed by atoms with Gasteiger partial charge in [-0.15, -0.1) is 0 Å². The zero-order valence-corrected chi connectivity index (χ0v) is 51.4. The molecule has 6 aromatic heterocycles. The Labute approximate surface area is 535 Å². The number of aromatic nitrogens is 7. The summed E-state index contributed by atoms with van der Waals surface area (Å²) in [4.78, 5) is 5.78. The molecule has 7 nitrogen and oxygen atoms in total. The van der Waals surface area contributed by atoms with E-state index in [0.29, 0.717) is 0 Å². The summed E-state index contributed by atoms with van der Waals surface area (Å²) in [7, 11) is -3.24. The highest BCUT2D eigenvalue weighted by Gasteiger charge is 2.42. The van der Waals surface area contributed by atoms with Crippen LogP contribution in [0.25, 0.3) is 144 Å². The van der Waals surface area contributed by atoms with Gasteiger partial charge in [0, 0.05) is 71.5 Å². The lowest BCUT2D eigenvalue weighted by atomic mass is 10.1. The van der Waals surface area contributed by atoms with Gasteiger partial charge in [-0.2, -0.15) is 0 Å². The number of para-hydroxylation sites is 7. The van der Waals surface area contributed by atoms with E-state index >= 15 is 0 Å². The van der Waals surface area contributed by atoms with E-state index in [1.165, 1.54) is 85.9 Å². The van der Waals surface area contributed by atoms with Crippen molar-refractivity contribution in [3.8, 4) is 28.4 Å². The summed E-state index contributed by atoms with van der Waals surface area (Å²) in [6, 6.07) is 124. The lowest BCUT2D eigenvalue weighted by Gasteiger charge is -2.35. The van der Waals surface area contributed by atoms with E-state index in [9.17, 15) is 0 Å². The highest BCUT2D eigenvalue weighted by Crippen LogP contribution is 2.41. The van der Waals surface area contributed by atoms with Crippen molar-refractivity contribution in [2.24, 2.45) is 0 Å². The molecule has 0 aliphatic heterocycles. The first-order valence-corrected chi connectivity index (χ1v) is 33.9. The van der Waals surface area contributed by atoms with Crippen LogP contribution in [0.2, 0.25) is 0 Å². The molecule has 6 heterocycles. The molecule has 0 radical (unpaired) electrons. The number of fused-ring (bicyclic) bond motifs is 17. The maximum Gasteiger partial charge on any atom is 0.220 e. The predicted molar refractivity (Wildman–Crippen MR) is 391 cm³/mol. The molecule has 0 aliphatic rings. The van der Waals surface area contributed by atoms with Crippen molar-refractivity contribution in [1.82, 2.24) is 32.2 Å². The van der Waals surface area contributed by atoms with Crippen LogP contribution in [0, 0.1) is 0 Å². The molecule has 0 atom stereocenters. The van der Waals surface area contributed by atoms with Crippen LogP contribution in [0.3, 0.4) is 0 Å². The molecule has 0 fully saturated rings. The minimum absolute atomic E-state index is 0.848. The second-order valence-corrected chi connectivity index (χ2v) is 28.5. The van der Waals surface area contributed by atoms with Crippen LogP contribution < -0.4 is 20.7 Å². The molecule has 0 spiro atoms. The smallest absolute Gasteiger partial charge is 0.220 e. The molecule has 20 aromatic rings. The van der Waals surface area contributed by atoms with Gasteiger partial charge in [0.2, 0.25) is 5.78 Å². The molecule has 14 aromatic carbocycles. The van der Waals surface area contributed by atoms with Crippen LogP contribution in [0.5, 0.6) is 0 Å². The van der Waals surface area contributed by atoms with Gasteiger partial charge in [-0.05, 0) is 142 Å². The van der Waals surface area contributed by atoms with Gasteiger partial charge in [-0.3, -0.25) is 8.97 Å². The van der Waals surface area contributed by atoms with Crippen LogP contribution in [-0.2, 0) is 0 Å². The molecule has 0 aliphatic carbocycles. The normalized spacial score (nSPS) is 12.3. The summed E-state index contributed by atoms with van der Waals surface area (Å²) in [5, 5.41) is 14.9. The minimum Gasteiger partial charge on any atom is -0.309 e.